The SMILES string of the molecule is COc1ncnc2c1NC(=O)C1(CC1)CN2. The summed E-state index contributed by atoms with van der Waals surface area (Å²) in [5.74, 6) is 1.05. The van der Waals surface area contributed by atoms with Crippen molar-refractivity contribution in [3.63, 3.8) is 0 Å². The second-order valence-corrected chi connectivity index (χ2v) is 4.19. The Morgan fingerprint density at radius 1 is 1.44 bits per heavy atom. The van der Waals surface area contributed by atoms with Crippen molar-refractivity contribution in [3.05, 3.63) is 6.33 Å². The van der Waals surface area contributed by atoms with E-state index in [1.54, 1.807) is 0 Å². The second-order valence-electron chi connectivity index (χ2n) is 4.19. The Morgan fingerprint density at radius 3 is 2.94 bits per heavy atom. The first-order chi connectivity index (χ1) is 7.75. The van der Waals surface area contributed by atoms with Gasteiger partial charge in [0.05, 0.1) is 12.5 Å². The van der Waals surface area contributed by atoms with Crippen molar-refractivity contribution in [3.8, 4) is 5.88 Å². The van der Waals surface area contributed by atoms with E-state index in [1.165, 1.54) is 13.4 Å². The number of anilines is 2. The quantitative estimate of drug-likeness (QED) is 0.726. The van der Waals surface area contributed by atoms with E-state index in [-0.39, 0.29) is 11.3 Å². The summed E-state index contributed by atoms with van der Waals surface area (Å²) in [6.07, 6.45) is 3.27. The first-order valence-corrected chi connectivity index (χ1v) is 5.19. The van der Waals surface area contributed by atoms with Gasteiger partial charge in [-0.05, 0) is 12.8 Å². The minimum Gasteiger partial charge on any atom is -0.479 e. The van der Waals surface area contributed by atoms with Crippen molar-refractivity contribution in [1.29, 1.82) is 0 Å². The van der Waals surface area contributed by atoms with Crippen LogP contribution in [0.15, 0.2) is 6.33 Å². The molecular weight excluding hydrogens is 208 g/mol. The van der Waals surface area contributed by atoms with E-state index >= 15 is 0 Å². The molecule has 16 heavy (non-hydrogen) atoms. The number of amides is 1. The van der Waals surface area contributed by atoms with E-state index in [2.05, 4.69) is 20.6 Å². The monoisotopic (exact) mass is 220 g/mol. The molecule has 84 valence electrons. The van der Waals surface area contributed by atoms with Crippen LogP contribution in [0.3, 0.4) is 0 Å². The lowest BCUT2D eigenvalue weighted by atomic mass is 10.1. The molecule has 1 fully saturated rings. The molecule has 1 amide bonds. The van der Waals surface area contributed by atoms with Crippen LogP contribution in [0.1, 0.15) is 12.8 Å². The van der Waals surface area contributed by atoms with Crippen LogP contribution >= 0.6 is 0 Å². The highest BCUT2D eigenvalue weighted by atomic mass is 16.5. The number of hydrogen-bond acceptors (Lipinski definition) is 5. The van der Waals surface area contributed by atoms with Crippen molar-refractivity contribution < 1.29 is 9.53 Å². The lowest BCUT2D eigenvalue weighted by Crippen LogP contribution is -2.27. The maximum absolute atomic E-state index is 12.0. The molecule has 2 aliphatic rings. The number of nitrogens with zero attached hydrogens (tertiary/aromatic N) is 2. The van der Waals surface area contributed by atoms with Gasteiger partial charge in [0.15, 0.2) is 5.82 Å². The van der Waals surface area contributed by atoms with Crippen LogP contribution in [0.25, 0.3) is 0 Å². The number of carbonyl (C=O) groups is 1. The average Bonchev–Trinajstić information content (AvgIpc) is 3.09. The Kier molecular flexibility index (Phi) is 1.80. The fraction of sp³-hybridized carbons (Fsp3) is 0.500. The molecule has 0 saturated heterocycles. The zero-order valence-corrected chi connectivity index (χ0v) is 8.91. The third-order valence-corrected chi connectivity index (χ3v) is 3.17. The lowest BCUT2D eigenvalue weighted by molar-refractivity contribution is -0.120. The smallest absolute Gasteiger partial charge is 0.242 e. The molecule has 1 aromatic rings. The topological polar surface area (TPSA) is 76.1 Å². The fourth-order valence-corrected chi connectivity index (χ4v) is 1.90. The van der Waals surface area contributed by atoms with Gasteiger partial charge < -0.3 is 15.4 Å². The van der Waals surface area contributed by atoms with E-state index in [0.29, 0.717) is 23.9 Å². The van der Waals surface area contributed by atoms with Crippen molar-refractivity contribution in [2.45, 2.75) is 12.8 Å². The number of ether oxygens (including phenoxy) is 1. The van der Waals surface area contributed by atoms with Gasteiger partial charge in [-0.2, -0.15) is 4.98 Å². The molecule has 6 heteroatoms. The maximum atomic E-state index is 12.0. The fourth-order valence-electron chi connectivity index (χ4n) is 1.90. The minimum absolute atomic E-state index is 0.0341. The predicted molar refractivity (Wildman–Crippen MR) is 57.4 cm³/mol. The summed E-state index contributed by atoms with van der Waals surface area (Å²) in [7, 11) is 1.52. The number of hydrogen-bond donors (Lipinski definition) is 2. The van der Waals surface area contributed by atoms with E-state index in [0.717, 1.165) is 12.8 Å². The zero-order valence-electron chi connectivity index (χ0n) is 8.91. The molecule has 0 bridgehead atoms. The molecule has 1 aliphatic heterocycles. The van der Waals surface area contributed by atoms with Crippen LogP contribution in [0, 0.1) is 5.41 Å². The van der Waals surface area contributed by atoms with Crippen molar-refractivity contribution in [2.24, 2.45) is 5.41 Å². The average molecular weight is 220 g/mol. The Bertz CT molecular complexity index is 456. The molecule has 1 spiro atoms. The highest BCUT2D eigenvalue weighted by Crippen LogP contribution is 2.49. The Balaban J connectivity index is 2.03. The van der Waals surface area contributed by atoms with Gasteiger partial charge in [0, 0.05) is 6.54 Å². The molecule has 1 aliphatic carbocycles. The molecule has 0 unspecified atom stereocenters. The second kappa shape index (κ2) is 3.07. The van der Waals surface area contributed by atoms with Crippen molar-refractivity contribution in [2.75, 3.05) is 24.3 Å². The Hall–Kier alpha value is -1.85. The van der Waals surface area contributed by atoms with Gasteiger partial charge in [-0.15, -0.1) is 0 Å². The molecule has 6 nitrogen and oxygen atoms in total. The maximum Gasteiger partial charge on any atom is 0.242 e. The summed E-state index contributed by atoms with van der Waals surface area (Å²) in [6.45, 7) is 0.631. The number of rotatable bonds is 1. The summed E-state index contributed by atoms with van der Waals surface area (Å²) < 4.78 is 5.10. The van der Waals surface area contributed by atoms with Gasteiger partial charge in [-0.25, -0.2) is 4.98 Å². The third kappa shape index (κ3) is 1.22. The number of aromatic nitrogens is 2. The highest BCUT2D eigenvalue weighted by molar-refractivity contribution is 6.02. The van der Waals surface area contributed by atoms with E-state index in [9.17, 15) is 4.79 Å². The van der Waals surface area contributed by atoms with Gasteiger partial charge in [-0.3, -0.25) is 4.79 Å². The van der Waals surface area contributed by atoms with Gasteiger partial charge in [0.2, 0.25) is 11.8 Å². The minimum atomic E-state index is -0.244. The first kappa shape index (κ1) is 9.38. The van der Waals surface area contributed by atoms with Gasteiger partial charge in [0.25, 0.3) is 0 Å². The number of carbonyl (C=O) groups excluding carboxylic acids is 1. The Labute approximate surface area is 92.4 Å². The van der Waals surface area contributed by atoms with Crippen LogP contribution in [0.4, 0.5) is 11.5 Å². The predicted octanol–water partition coefficient (Wildman–Crippen LogP) is 0.629. The summed E-state index contributed by atoms with van der Waals surface area (Å²) in [5.41, 5.74) is 0.296. The standard InChI is InChI=1S/C10H12N4O2/c1-16-8-6-7(12-5-13-8)11-4-10(2-3-10)9(15)14-6/h5H,2-4H2,1H3,(H,14,15)(H,11,12,13). The summed E-state index contributed by atoms with van der Waals surface area (Å²) in [6, 6.07) is 0. The van der Waals surface area contributed by atoms with Gasteiger partial charge in [-0.1, -0.05) is 0 Å². The molecule has 1 saturated carbocycles. The normalized spacial score (nSPS) is 20.4. The molecular formula is C10H12N4O2. The summed E-state index contributed by atoms with van der Waals surface area (Å²) >= 11 is 0. The van der Waals surface area contributed by atoms with Crippen LogP contribution in [-0.2, 0) is 4.79 Å². The van der Waals surface area contributed by atoms with Crippen LogP contribution in [0.2, 0.25) is 0 Å². The number of nitrogens with one attached hydrogen (secondary N) is 2. The highest BCUT2D eigenvalue weighted by Gasteiger charge is 2.51. The van der Waals surface area contributed by atoms with Crippen molar-refractivity contribution >= 4 is 17.4 Å². The molecule has 2 N–H and O–H groups in total. The van der Waals surface area contributed by atoms with Gasteiger partial charge >= 0.3 is 0 Å². The molecule has 0 radical (unpaired) electrons. The van der Waals surface area contributed by atoms with E-state index in [1.807, 2.05) is 0 Å². The Morgan fingerprint density at radius 2 is 2.25 bits per heavy atom. The van der Waals surface area contributed by atoms with Crippen molar-refractivity contribution in [1.82, 2.24) is 9.97 Å². The molecule has 0 atom stereocenters. The van der Waals surface area contributed by atoms with Crippen LogP contribution in [0.5, 0.6) is 5.88 Å². The third-order valence-electron chi connectivity index (χ3n) is 3.17. The van der Waals surface area contributed by atoms with E-state index in [4.69, 9.17) is 4.74 Å². The van der Waals surface area contributed by atoms with Crippen LogP contribution < -0.4 is 15.4 Å². The van der Waals surface area contributed by atoms with E-state index < -0.39 is 0 Å². The number of methoxy groups -OCH3 is 1. The summed E-state index contributed by atoms with van der Waals surface area (Å²) in [5, 5.41) is 6.01. The lowest BCUT2D eigenvalue weighted by Gasteiger charge is -2.09. The largest absolute Gasteiger partial charge is 0.479 e. The molecule has 2 heterocycles. The molecule has 3 rings (SSSR count). The van der Waals surface area contributed by atoms with Gasteiger partial charge in [0.1, 0.15) is 12.0 Å². The molecule has 1 aromatic heterocycles. The molecule has 0 aromatic carbocycles. The number of fused-ring (bicyclic) bond motifs is 1. The first-order valence-electron chi connectivity index (χ1n) is 5.19. The van der Waals surface area contributed by atoms with Crippen LogP contribution in [-0.4, -0.2) is 29.5 Å². The zero-order chi connectivity index (χ0) is 11.2. The summed E-state index contributed by atoms with van der Waals surface area (Å²) in [4.78, 5) is 20.0.